The second-order valence-corrected chi connectivity index (χ2v) is 8.72. The molecular formula is C22H25N5O2S. The Kier molecular flexibility index (Phi) is 6.56. The van der Waals surface area contributed by atoms with E-state index in [0.717, 1.165) is 22.7 Å². The van der Waals surface area contributed by atoms with Crippen molar-refractivity contribution < 1.29 is 9.59 Å². The summed E-state index contributed by atoms with van der Waals surface area (Å²) in [5, 5.41) is 8.50. The summed E-state index contributed by atoms with van der Waals surface area (Å²) in [7, 11) is 0. The summed E-state index contributed by atoms with van der Waals surface area (Å²) >= 11 is 1.09. The van der Waals surface area contributed by atoms with Crippen molar-refractivity contribution in [1.29, 1.82) is 0 Å². The molecule has 0 aliphatic heterocycles. The molecule has 0 aliphatic carbocycles. The molecule has 0 spiro atoms. The van der Waals surface area contributed by atoms with Crippen molar-refractivity contribution in [3.63, 3.8) is 0 Å². The van der Waals surface area contributed by atoms with Gasteiger partial charge in [-0.05, 0) is 56.9 Å². The maximum absolute atomic E-state index is 13.4. The summed E-state index contributed by atoms with van der Waals surface area (Å²) < 4.78 is 3.81. The third-order valence-electron chi connectivity index (χ3n) is 4.34. The molecule has 0 aliphatic rings. The van der Waals surface area contributed by atoms with Crippen LogP contribution >= 0.6 is 11.5 Å². The van der Waals surface area contributed by atoms with Gasteiger partial charge in [-0.1, -0.05) is 40.4 Å². The van der Waals surface area contributed by atoms with Gasteiger partial charge in [-0.25, -0.2) is 0 Å². The molecule has 1 atom stereocenters. The normalized spacial score (nSPS) is 12.3. The Balaban J connectivity index is 2.06. The standard InChI is InChI=1S/C22H25N5O2S/c1-15-8-10-16(11-9-15)13-27(21(29)18-14-30-26-25-18)19(17-7-5-6-12-23-17)20(28)24-22(2,3)4/h5-12,14,19H,13H2,1-4H3,(H,24,28)/t19-/m1/s1. The van der Waals surface area contributed by atoms with Crippen LogP contribution in [0.5, 0.6) is 0 Å². The van der Waals surface area contributed by atoms with E-state index < -0.39 is 11.6 Å². The molecule has 2 amide bonds. The third-order valence-corrected chi connectivity index (χ3v) is 4.84. The quantitative estimate of drug-likeness (QED) is 0.655. The molecule has 30 heavy (non-hydrogen) atoms. The minimum atomic E-state index is -0.916. The van der Waals surface area contributed by atoms with Crippen LogP contribution in [0.1, 0.15) is 54.1 Å². The molecule has 2 heterocycles. The zero-order valence-corrected chi connectivity index (χ0v) is 18.3. The number of benzene rings is 1. The third kappa shape index (κ3) is 5.48. The van der Waals surface area contributed by atoms with Crippen molar-refractivity contribution in [2.75, 3.05) is 0 Å². The number of hydrogen-bond acceptors (Lipinski definition) is 6. The maximum atomic E-state index is 13.4. The fourth-order valence-electron chi connectivity index (χ4n) is 2.99. The van der Waals surface area contributed by atoms with Crippen LogP contribution in [0.3, 0.4) is 0 Å². The number of carbonyl (C=O) groups is 2. The average Bonchev–Trinajstić information content (AvgIpc) is 3.23. The number of aromatic nitrogens is 3. The zero-order chi connectivity index (χ0) is 21.7. The lowest BCUT2D eigenvalue weighted by atomic mass is 10.0. The van der Waals surface area contributed by atoms with E-state index in [1.165, 1.54) is 4.90 Å². The van der Waals surface area contributed by atoms with E-state index in [1.54, 1.807) is 29.8 Å². The first-order chi connectivity index (χ1) is 14.2. The summed E-state index contributed by atoms with van der Waals surface area (Å²) in [5.41, 5.74) is 2.25. The van der Waals surface area contributed by atoms with E-state index in [9.17, 15) is 9.59 Å². The molecule has 0 fully saturated rings. The molecule has 1 N–H and O–H groups in total. The van der Waals surface area contributed by atoms with Crippen LogP contribution in [0.4, 0.5) is 0 Å². The average molecular weight is 424 g/mol. The van der Waals surface area contributed by atoms with E-state index in [4.69, 9.17) is 0 Å². The van der Waals surface area contributed by atoms with E-state index in [2.05, 4.69) is 19.9 Å². The Morgan fingerprint density at radius 3 is 2.43 bits per heavy atom. The van der Waals surface area contributed by atoms with Gasteiger partial charge in [0.1, 0.15) is 0 Å². The predicted octanol–water partition coefficient (Wildman–Crippen LogP) is 3.54. The monoisotopic (exact) mass is 423 g/mol. The molecule has 3 rings (SSSR count). The van der Waals surface area contributed by atoms with Gasteiger partial charge in [0.25, 0.3) is 5.91 Å². The van der Waals surface area contributed by atoms with E-state index in [-0.39, 0.29) is 24.1 Å². The highest BCUT2D eigenvalue weighted by molar-refractivity contribution is 7.03. The largest absolute Gasteiger partial charge is 0.349 e. The summed E-state index contributed by atoms with van der Waals surface area (Å²) in [6.07, 6.45) is 1.62. The van der Waals surface area contributed by atoms with Gasteiger partial charge in [0.2, 0.25) is 5.91 Å². The van der Waals surface area contributed by atoms with Gasteiger partial charge in [-0.15, -0.1) is 5.10 Å². The topological polar surface area (TPSA) is 88.1 Å². The Morgan fingerprint density at radius 1 is 1.13 bits per heavy atom. The minimum Gasteiger partial charge on any atom is -0.349 e. The Labute approximate surface area is 180 Å². The highest BCUT2D eigenvalue weighted by Gasteiger charge is 2.35. The second kappa shape index (κ2) is 9.13. The van der Waals surface area contributed by atoms with E-state index in [1.807, 2.05) is 52.0 Å². The highest BCUT2D eigenvalue weighted by atomic mass is 32.1. The maximum Gasteiger partial charge on any atom is 0.276 e. The SMILES string of the molecule is Cc1ccc(CN(C(=O)c2csnn2)[C@@H](C(=O)NC(C)(C)C)c2ccccn2)cc1. The number of aryl methyl sites for hydroxylation is 1. The van der Waals surface area contributed by atoms with Crippen LogP contribution < -0.4 is 5.32 Å². The number of pyridine rings is 1. The summed E-state index contributed by atoms with van der Waals surface area (Å²) in [5.74, 6) is -0.672. The highest BCUT2D eigenvalue weighted by Crippen LogP contribution is 2.25. The zero-order valence-electron chi connectivity index (χ0n) is 17.5. The van der Waals surface area contributed by atoms with Crippen LogP contribution in [-0.4, -0.2) is 36.8 Å². The van der Waals surface area contributed by atoms with Gasteiger partial charge in [0.15, 0.2) is 11.7 Å². The van der Waals surface area contributed by atoms with Crippen LogP contribution in [0, 0.1) is 6.92 Å². The van der Waals surface area contributed by atoms with Gasteiger partial charge in [-0.2, -0.15) is 0 Å². The second-order valence-electron chi connectivity index (χ2n) is 8.11. The molecule has 7 nitrogen and oxygen atoms in total. The molecule has 0 saturated heterocycles. The first kappa shape index (κ1) is 21.6. The Morgan fingerprint density at radius 2 is 1.87 bits per heavy atom. The summed E-state index contributed by atoms with van der Waals surface area (Å²) in [4.78, 5) is 32.6. The van der Waals surface area contributed by atoms with Crippen molar-refractivity contribution in [3.8, 4) is 0 Å². The molecule has 3 aromatic rings. The first-order valence-corrected chi connectivity index (χ1v) is 10.4. The molecule has 8 heteroatoms. The van der Waals surface area contributed by atoms with Gasteiger partial charge in [-0.3, -0.25) is 14.6 Å². The predicted molar refractivity (Wildman–Crippen MR) is 116 cm³/mol. The molecule has 0 unspecified atom stereocenters. The minimum absolute atomic E-state index is 0.205. The first-order valence-electron chi connectivity index (χ1n) is 9.61. The fourth-order valence-corrected chi connectivity index (χ4v) is 3.42. The lowest BCUT2D eigenvalue weighted by Crippen LogP contribution is -2.49. The van der Waals surface area contributed by atoms with E-state index >= 15 is 0 Å². The van der Waals surface area contributed by atoms with Crippen LogP contribution in [0.2, 0.25) is 0 Å². The van der Waals surface area contributed by atoms with Crippen molar-refractivity contribution in [2.24, 2.45) is 0 Å². The van der Waals surface area contributed by atoms with Crippen molar-refractivity contribution in [1.82, 2.24) is 24.8 Å². The van der Waals surface area contributed by atoms with Crippen LogP contribution in [0.15, 0.2) is 54.0 Å². The van der Waals surface area contributed by atoms with Gasteiger partial charge in [0.05, 0.1) is 5.69 Å². The van der Waals surface area contributed by atoms with Crippen LogP contribution in [0.25, 0.3) is 0 Å². The van der Waals surface area contributed by atoms with Gasteiger partial charge < -0.3 is 10.2 Å². The lowest BCUT2D eigenvalue weighted by Gasteiger charge is -2.32. The summed E-state index contributed by atoms with van der Waals surface area (Å²) in [6.45, 7) is 7.93. The molecule has 1 aromatic carbocycles. The Bertz CT molecular complexity index is 983. The molecular weight excluding hydrogens is 398 g/mol. The van der Waals surface area contributed by atoms with E-state index in [0.29, 0.717) is 5.69 Å². The van der Waals surface area contributed by atoms with Gasteiger partial charge >= 0.3 is 0 Å². The Hall–Kier alpha value is -3.13. The fraction of sp³-hybridized carbons (Fsp3) is 0.318. The van der Waals surface area contributed by atoms with Crippen molar-refractivity contribution in [2.45, 2.75) is 45.8 Å². The molecule has 0 bridgehead atoms. The van der Waals surface area contributed by atoms with Crippen molar-refractivity contribution in [3.05, 3.63) is 76.6 Å². The smallest absolute Gasteiger partial charge is 0.276 e. The number of carbonyl (C=O) groups excluding carboxylic acids is 2. The number of nitrogens with one attached hydrogen (secondary N) is 1. The van der Waals surface area contributed by atoms with Crippen molar-refractivity contribution >= 4 is 23.3 Å². The molecule has 0 saturated carbocycles. The summed E-state index contributed by atoms with van der Waals surface area (Å²) in [6, 6.07) is 12.3. The molecule has 156 valence electrons. The number of rotatable bonds is 6. The molecule has 2 aromatic heterocycles. The van der Waals surface area contributed by atoms with Crippen LogP contribution in [-0.2, 0) is 11.3 Å². The van der Waals surface area contributed by atoms with Gasteiger partial charge in [0, 0.05) is 23.7 Å². The molecule has 0 radical (unpaired) electrons. The number of hydrogen-bond donors (Lipinski definition) is 1. The number of nitrogens with zero attached hydrogens (tertiary/aromatic N) is 4. The lowest BCUT2D eigenvalue weighted by molar-refractivity contribution is -0.127. The number of amides is 2.